The van der Waals surface area contributed by atoms with Gasteiger partial charge in [-0.3, -0.25) is 9.97 Å². The lowest BCUT2D eigenvalue weighted by atomic mass is 9.70. The van der Waals surface area contributed by atoms with E-state index in [0.717, 1.165) is 94.0 Å². The molecular formula is C50H58N4O2+2. The number of rotatable bonds is 10. The molecule has 4 aromatic carbocycles. The van der Waals surface area contributed by atoms with Gasteiger partial charge in [0.2, 0.25) is 0 Å². The molecule has 4 bridgehead atoms. The van der Waals surface area contributed by atoms with Crippen LogP contribution in [0.1, 0.15) is 86.8 Å². The van der Waals surface area contributed by atoms with E-state index in [-0.39, 0.29) is 12.1 Å². The number of aromatic nitrogens is 2. The molecule has 0 spiro atoms. The van der Waals surface area contributed by atoms with Gasteiger partial charge in [0.25, 0.3) is 0 Å². The van der Waals surface area contributed by atoms with Gasteiger partial charge in [0, 0.05) is 71.8 Å². The first kappa shape index (κ1) is 36.2. The summed E-state index contributed by atoms with van der Waals surface area (Å²) in [6.07, 6.45) is 9.77. The van der Waals surface area contributed by atoms with Crippen molar-refractivity contribution in [3.63, 3.8) is 0 Å². The van der Waals surface area contributed by atoms with Crippen molar-refractivity contribution in [2.75, 3.05) is 26.2 Å². The number of aliphatic hydroxyl groups is 2. The summed E-state index contributed by atoms with van der Waals surface area (Å²) in [4.78, 5) is 9.25. The van der Waals surface area contributed by atoms with Gasteiger partial charge in [0.1, 0.15) is 37.4 Å². The second-order valence-electron chi connectivity index (χ2n) is 18.3. The molecule has 288 valence electrons. The molecular weight excluding hydrogens is 689 g/mol. The Morgan fingerprint density at radius 3 is 1.52 bits per heavy atom. The number of fused-ring (bicyclic) bond motifs is 9. The number of hydrogen-bond acceptors (Lipinski definition) is 4. The summed E-state index contributed by atoms with van der Waals surface area (Å²) in [5.74, 6) is 2.78. The molecule has 0 radical (unpaired) electrons. The lowest BCUT2D eigenvalue weighted by Gasteiger charge is -2.58. The molecule has 0 aliphatic carbocycles. The fourth-order valence-corrected chi connectivity index (χ4v) is 12.8. The highest BCUT2D eigenvalue weighted by atomic mass is 16.3. The molecule has 6 fully saturated rings. The quantitative estimate of drug-likeness (QED) is 0.137. The first-order chi connectivity index (χ1) is 27.4. The van der Waals surface area contributed by atoms with Crippen LogP contribution in [0.25, 0.3) is 32.6 Å². The molecule has 2 N–H and O–H groups in total. The number of pyridine rings is 2. The summed E-state index contributed by atoms with van der Waals surface area (Å²) in [5.41, 5.74) is 6.72. The molecule has 6 nitrogen and oxygen atoms in total. The van der Waals surface area contributed by atoms with Gasteiger partial charge in [-0.25, -0.2) is 0 Å². The highest BCUT2D eigenvalue weighted by Crippen LogP contribution is 2.50. The highest BCUT2D eigenvalue weighted by Gasteiger charge is 2.55. The minimum atomic E-state index is -0.529. The molecule has 10 atom stereocenters. The summed E-state index contributed by atoms with van der Waals surface area (Å²) >= 11 is 0. The van der Waals surface area contributed by atoms with Gasteiger partial charge in [-0.05, 0) is 83.0 Å². The predicted octanol–water partition coefficient (Wildman–Crippen LogP) is 9.67. The lowest BCUT2D eigenvalue weighted by molar-refractivity contribution is -0.985. The van der Waals surface area contributed by atoms with Crippen LogP contribution in [-0.2, 0) is 13.1 Å². The third-order valence-electron chi connectivity index (χ3n) is 15.7. The topological polar surface area (TPSA) is 66.2 Å². The minimum absolute atomic E-state index is 0.162. The van der Waals surface area contributed by atoms with E-state index in [1.54, 1.807) is 0 Å². The summed E-state index contributed by atoms with van der Waals surface area (Å²) < 4.78 is 1.92. The van der Waals surface area contributed by atoms with E-state index in [1.807, 2.05) is 24.5 Å². The Kier molecular flexibility index (Phi) is 9.25. The third-order valence-corrected chi connectivity index (χ3v) is 15.7. The number of para-hydroxylation sites is 2. The number of benzene rings is 4. The second-order valence-corrected chi connectivity index (χ2v) is 18.3. The molecule has 6 saturated heterocycles. The first-order valence-electron chi connectivity index (χ1n) is 21.6. The lowest BCUT2D eigenvalue weighted by Crippen LogP contribution is -2.67. The number of aliphatic hydroxyl groups excluding tert-OH is 2. The van der Waals surface area contributed by atoms with Crippen molar-refractivity contribution in [2.45, 2.75) is 89.8 Å². The van der Waals surface area contributed by atoms with Crippen LogP contribution < -0.4 is 0 Å². The van der Waals surface area contributed by atoms with Gasteiger partial charge in [-0.1, -0.05) is 74.5 Å². The van der Waals surface area contributed by atoms with Crippen LogP contribution in [0, 0.1) is 23.7 Å². The molecule has 2 aromatic heterocycles. The van der Waals surface area contributed by atoms with Crippen LogP contribution in [0.3, 0.4) is 0 Å². The van der Waals surface area contributed by atoms with Crippen molar-refractivity contribution in [3.8, 4) is 0 Å². The molecule has 0 saturated carbocycles. The van der Waals surface area contributed by atoms with Crippen LogP contribution in [0.5, 0.6) is 0 Å². The van der Waals surface area contributed by atoms with Crippen LogP contribution in [-0.4, -0.2) is 67.4 Å². The van der Waals surface area contributed by atoms with Crippen molar-refractivity contribution in [2.24, 2.45) is 23.7 Å². The van der Waals surface area contributed by atoms with Crippen molar-refractivity contribution in [3.05, 3.63) is 132 Å². The summed E-state index contributed by atoms with van der Waals surface area (Å²) in [6.45, 7) is 11.2. The zero-order chi connectivity index (χ0) is 38.0. The molecule has 6 aliphatic rings. The summed E-state index contributed by atoms with van der Waals surface area (Å²) in [5, 5.41) is 29.4. The number of quaternary nitrogens is 2. The molecule has 56 heavy (non-hydrogen) atoms. The Morgan fingerprint density at radius 1 is 0.589 bits per heavy atom. The van der Waals surface area contributed by atoms with Crippen molar-refractivity contribution < 1.29 is 19.2 Å². The zero-order valence-electron chi connectivity index (χ0n) is 33.2. The maximum atomic E-state index is 12.3. The van der Waals surface area contributed by atoms with Crippen LogP contribution in [0.2, 0.25) is 0 Å². The number of piperidine rings is 6. The number of nitrogens with zero attached hydrogens (tertiary/aromatic N) is 4. The van der Waals surface area contributed by atoms with Gasteiger partial charge in [0.05, 0.1) is 37.2 Å². The van der Waals surface area contributed by atoms with Gasteiger partial charge >= 0.3 is 0 Å². The molecule has 12 rings (SSSR count). The standard InChI is InChI=1S/C50H58N4O2/c1-3-35-31-53(23-19-38(35)27-47(53)49(55)43-17-21-51-45-11-7-5-9-41(43)45)29-33-13-15-37-16-14-34(26-40(37)25-33)30-54-24-20-39(36(4-2)32-54)28-48(54)50(56)44-18-22-52-46-12-8-6-10-42(44)46/h5-18,21-22,25-26,35-36,38-39,47-50,55-56H,3-4,19-20,23-24,27-32H2,1-2H3/q+2/t35-,36-,38-,39-,47+,48+,49-,50-,53+,54+/m0/s1. The largest absolute Gasteiger partial charge is 0.382 e. The van der Waals surface area contributed by atoms with E-state index in [0.29, 0.717) is 23.7 Å². The Labute approximate surface area is 332 Å². The molecule has 0 unspecified atom stereocenters. The molecule has 8 heterocycles. The van der Waals surface area contributed by atoms with Gasteiger partial charge in [-0.2, -0.15) is 0 Å². The molecule has 6 aliphatic heterocycles. The Morgan fingerprint density at radius 2 is 1.05 bits per heavy atom. The number of hydrogen-bond donors (Lipinski definition) is 2. The van der Waals surface area contributed by atoms with Gasteiger partial charge in [0.15, 0.2) is 0 Å². The Hall–Kier alpha value is -4.20. The van der Waals surface area contributed by atoms with E-state index >= 15 is 0 Å². The first-order valence-corrected chi connectivity index (χ1v) is 21.6. The van der Waals surface area contributed by atoms with Gasteiger partial charge in [-0.15, -0.1) is 0 Å². The zero-order valence-corrected chi connectivity index (χ0v) is 33.2. The van der Waals surface area contributed by atoms with E-state index in [1.165, 1.54) is 47.6 Å². The van der Waals surface area contributed by atoms with Gasteiger partial charge < -0.3 is 19.2 Å². The Bertz CT molecular complexity index is 2220. The van der Waals surface area contributed by atoms with E-state index in [2.05, 4.69) is 109 Å². The van der Waals surface area contributed by atoms with Crippen molar-refractivity contribution >= 4 is 32.6 Å². The maximum absolute atomic E-state index is 12.3. The van der Waals surface area contributed by atoms with Crippen LogP contribution >= 0.6 is 0 Å². The van der Waals surface area contributed by atoms with Crippen LogP contribution in [0.15, 0.2) is 109 Å². The summed E-state index contributed by atoms with van der Waals surface area (Å²) in [6, 6.07) is 35.3. The Balaban J connectivity index is 0.970. The summed E-state index contributed by atoms with van der Waals surface area (Å²) in [7, 11) is 0. The maximum Gasteiger partial charge on any atom is 0.131 e. The fraction of sp³-hybridized carbons (Fsp3) is 0.440. The fourth-order valence-electron chi connectivity index (χ4n) is 12.8. The smallest absolute Gasteiger partial charge is 0.131 e. The normalized spacial score (nSPS) is 30.9. The van der Waals surface area contributed by atoms with E-state index in [4.69, 9.17) is 0 Å². The minimum Gasteiger partial charge on any atom is -0.382 e. The van der Waals surface area contributed by atoms with Crippen molar-refractivity contribution in [1.29, 1.82) is 0 Å². The molecule has 6 heteroatoms. The second kappa shape index (κ2) is 14.3. The monoisotopic (exact) mass is 746 g/mol. The predicted molar refractivity (Wildman–Crippen MR) is 225 cm³/mol. The third kappa shape index (κ3) is 6.07. The van der Waals surface area contributed by atoms with Crippen LogP contribution in [0.4, 0.5) is 0 Å². The van der Waals surface area contributed by atoms with E-state index in [9.17, 15) is 10.2 Å². The van der Waals surface area contributed by atoms with Crippen molar-refractivity contribution in [1.82, 2.24) is 9.97 Å². The average Bonchev–Trinajstić information content (AvgIpc) is 3.25. The van der Waals surface area contributed by atoms with E-state index < -0.39 is 12.2 Å². The molecule has 6 aromatic rings. The average molecular weight is 747 g/mol. The highest BCUT2D eigenvalue weighted by molar-refractivity contribution is 5.84. The molecule has 0 amide bonds. The SMILES string of the molecule is CC[C@H]1C[N@+]2(Cc3ccc4ccc(C[N@@+]56CC[C@@H](C[C@@H]5[C@@H](O)c5ccnc7ccccc57)[C@@H](CC)C6)cc4c3)CC[C@H]1C[C@@H]2[C@@H](O)c1ccnc2ccccc12.